The molecule has 0 unspecified atom stereocenters. The third-order valence-corrected chi connectivity index (χ3v) is 1.94. The fraction of sp³-hybridized carbons (Fsp3) is 0. The number of nitrogens with two attached hydrogens (primary N) is 1. The Morgan fingerprint density at radius 3 is 2.00 bits per heavy atom. The number of hydrogen-bond donors (Lipinski definition) is 1. The van der Waals surface area contributed by atoms with Crippen LogP contribution < -0.4 is 5.73 Å². The van der Waals surface area contributed by atoms with Gasteiger partial charge in [0.1, 0.15) is 0 Å². The van der Waals surface area contributed by atoms with E-state index in [0.29, 0.717) is 5.06 Å². The van der Waals surface area contributed by atoms with E-state index in [-0.39, 0.29) is 11.1 Å². The van der Waals surface area contributed by atoms with E-state index < -0.39 is 17.9 Å². The van der Waals surface area contributed by atoms with Crippen molar-refractivity contribution in [3.63, 3.8) is 0 Å². The summed E-state index contributed by atoms with van der Waals surface area (Å²) in [4.78, 5) is 37.8. The molecule has 1 aliphatic rings. The van der Waals surface area contributed by atoms with Gasteiger partial charge >= 0.3 is 6.09 Å². The smallest absolute Gasteiger partial charge is 0.333 e. The van der Waals surface area contributed by atoms with Crippen molar-refractivity contribution in [2.45, 2.75) is 0 Å². The van der Waals surface area contributed by atoms with Crippen molar-refractivity contribution in [3.8, 4) is 0 Å². The number of imide groups is 1. The van der Waals surface area contributed by atoms with Gasteiger partial charge in [-0.3, -0.25) is 9.59 Å². The number of hydroxylamine groups is 2. The topological polar surface area (TPSA) is 89.7 Å². The van der Waals surface area contributed by atoms with Gasteiger partial charge in [0.15, 0.2) is 0 Å². The van der Waals surface area contributed by atoms with E-state index in [4.69, 9.17) is 5.73 Å². The first-order valence-electron chi connectivity index (χ1n) is 4.06. The van der Waals surface area contributed by atoms with Gasteiger partial charge in [-0.05, 0) is 12.1 Å². The molecule has 1 aromatic rings. The van der Waals surface area contributed by atoms with E-state index >= 15 is 0 Å². The quantitative estimate of drug-likeness (QED) is 0.669. The highest BCUT2D eigenvalue weighted by Crippen LogP contribution is 2.22. The lowest BCUT2D eigenvalue weighted by molar-refractivity contribution is -0.0416. The second-order valence-corrected chi connectivity index (χ2v) is 2.86. The fourth-order valence-electron chi connectivity index (χ4n) is 1.34. The summed E-state index contributed by atoms with van der Waals surface area (Å²) in [5.74, 6) is -1.37. The summed E-state index contributed by atoms with van der Waals surface area (Å²) in [5.41, 5.74) is 5.12. The highest BCUT2D eigenvalue weighted by atomic mass is 16.7. The molecule has 6 heteroatoms. The molecule has 2 rings (SSSR count). The van der Waals surface area contributed by atoms with Gasteiger partial charge in [0.25, 0.3) is 11.8 Å². The molecule has 0 spiro atoms. The van der Waals surface area contributed by atoms with Crippen LogP contribution in [0, 0.1) is 0 Å². The van der Waals surface area contributed by atoms with Crippen LogP contribution in [0.25, 0.3) is 0 Å². The lowest BCUT2D eigenvalue weighted by Gasteiger charge is -2.09. The van der Waals surface area contributed by atoms with Gasteiger partial charge in [-0.15, -0.1) is 0 Å². The predicted octanol–water partition coefficient (Wildman–Crippen LogP) is 0.293. The Labute approximate surface area is 84.2 Å². The van der Waals surface area contributed by atoms with E-state index in [0.717, 1.165) is 0 Å². The number of primary amides is 1. The van der Waals surface area contributed by atoms with Crippen molar-refractivity contribution in [1.82, 2.24) is 5.06 Å². The molecule has 15 heavy (non-hydrogen) atoms. The van der Waals surface area contributed by atoms with Crippen LogP contribution in [0.1, 0.15) is 20.7 Å². The zero-order valence-electron chi connectivity index (χ0n) is 7.47. The maximum atomic E-state index is 11.5. The van der Waals surface area contributed by atoms with Crippen LogP contribution in [-0.4, -0.2) is 23.0 Å². The molecule has 0 aromatic heterocycles. The van der Waals surface area contributed by atoms with Crippen molar-refractivity contribution in [1.29, 1.82) is 0 Å². The van der Waals surface area contributed by atoms with Crippen LogP contribution in [0.2, 0.25) is 0 Å². The van der Waals surface area contributed by atoms with Gasteiger partial charge in [0.05, 0.1) is 11.1 Å². The Morgan fingerprint density at radius 1 is 1.13 bits per heavy atom. The summed E-state index contributed by atoms with van der Waals surface area (Å²) in [6.07, 6.45) is -1.20. The summed E-state index contributed by atoms with van der Waals surface area (Å²) in [7, 11) is 0. The molecule has 76 valence electrons. The number of carbonyl (C=O) groups is 3. The molecule has 1 heterocycles. The Morgan fingerprint density at radius 2 is 1.60 bits per heavy atom. The molecule has 0 bridgehead atoms. The minimum Gasteiger partial charge on any atom is -0.333 e. The van der Waals surface area contributed by atoms with Crippen LogP contribution in [0.4, 0.5) is 4.79 Å². The second-order valence-electron chi connectivity index (χ2n) is 2.86. The Hall–Kier alpha value is -2.37. The summed E-state index contributed by atoms with van der Waals surface area (Å²) in [6, 6.07) is 6.16. The molecule has 0 aliphatic carbocycles. The summed E-state index contributed by atoms with van der Waals surface area (Å²) >= 11 is 0. The van der Waals surface area contributed by atoms with Crippen LogP contribution in [0.3, 0.4) is 0 Å². The Bertz CT molecular complexity index is 434. The number of amides is 3. The molecular weight excluding hydrogens is 200 g/mol. The van der Waals surface area contributed by atoms with Gasteiger partial charge in [0, 0.05) is 0 Å². The van der Waals surface area contributed by atoms with Crippen molar-refractivity contribution in [2.75, 3.05) is 0 Å². The minimum absolute atomic E-state index is 0.198. The Balaban J connectivity index is 2.41. The maximum Gasteiger partial charge on any atom is 0.429 e. The van der Waals surface area contributed by atoms with Gasteiger partial charge in [-0.2, -0.15) is 0 Å². The van der Waals surface area contributed by atoms with Crippen LogP contribution in [0.15, 0.2) is 24.3 Å². The summed E-state index contributed by atoms with van der Waals surface area (Å²) in [5, 5.41) is 0.354. The fourth-order valence-corrected chi connectivity index (χ4v) is 1.34. The molecule has 6 nitrogen and oxygen atoms in total. The van der Waals surface area contributed by atoms with E-state index in [1.165, 1.54) is 12.1 Å². The van der Waals surface area contributed by atoms with Crippen LogP contribution in [-0.2, 0) is 4.84 Å². The van der Waals surface area contributed by atoms with Gasteiger partial charge in [-0.1, -0.05) is 17.2 Å². The van der Waals surface area contributed by atoms with Gasteiger partial charge < -0.3 is 10.6 Å². The van der Waals surface area contributed by atoms with Crippen LogP contribution in [0.5, 0.6) is 0 Å². The maximum absolute atomic E-state index is 11.5. The molecule has 0 saturated heterocycles. The molecule has 3 amide bonds. The first-order chi connectivity index (χ1) is 7.11. The van der Waals surface area contributed by atoms with E-state index in [1.54, 1.807) is 12.1 Å². The van der Waals surface area contributed by atoms with Crippen LogP contribution >= 0.6 is 0 Å². The van der Waals surface area contributed by atoms with Gasteiger partial charge in [-0.25, -0.2) is 4.79 Å². The van der Waals surface area contributed by atoms with Gasteiger partial charge in [0.2, 0.25) is 0 Å². The molecular formula is C9H6N2O4. The van der Waals surface area contributed by atoms with Crippen molar-refractivity contribution in [2.24, 2.45) is 5.73 Å². The van der Waals surface area contributed by atoms with Crippen molar-refractivity contribution in [3.05, 3.63) is 35.4 Å². The second kappa shape index (κ2) is 3.09. The molecule has 0 radical (unpaired) electrons. The highest BCUT2D eigenvalue weighted by molar-refractivity contribution is 6.20. The highest BCUT2D eigenvalue weighted by Gasteiger charge is 2.38. The standard InChI is InChI=1S/C9H6N2O4/c10-9(14)15-11-7(12)5-3-1-2-4-6(5)8(11)13/h1-4H,(H2,10,14). The van der Waals surface area contributed by atoms with E-state index in [9.17, 15) is 14.4 Å². The van der Waals surface area contributed by atoms with Crippen molar-refractivity contribution >= 4 is 17.9 Å². The number of rotatable bonds is 1. The first-order valence-corrected chi connectivity index (χ1v) is 4.06. The average molecular weight is 206 g/mol. The molecule has 2 N–H and O–H groups in total. The number of fused-ring (bicyclic) bond motifs is 1. The Kier molecular flexibility index (Phi) is 1.89. The number of hydrogen-bond acceptors (Lipinski definition) is 4. The first kappa shape index (κ1) is 9.20. The minimum atomic E-state index is -1.20. The molecule has 0 saturated carbocycles. The molecule has 1 aromatic carbocycles. The van der Waals surface area contributed by atoms with Crippen molar-refractivity contribution < 1.29 is 19.2 Å². The number of nitrogens with zero attached hydrogens (tertiary/aromatic N) is 1. The zero-order valence-corrected chi connectivity index (χ0v) is 7.47. The lowest BCUT2D eigenvalue weighted by atomic mass is 10.1. The lowest BCUT2D eigenvalue weighted by Crippen LogP contribution is -2.34. The SMILES string of the molecule is NC(=O)ON1C(=O)c2ccccc2C1=O. The number of carbonyl (C=O) groups excluding carboxylic acids is 3. The third-order valence-electron chi connectivity index (χ3n) is 1.94. The zero-order chi connectivity index (χ0) is 11.0. The molecule has 1 aliphatic heterocycles. The molecule has 0 fully saturated rings. The summed E-state index contributed by atoms with van der Waals surface area (Å²) in [6.45, 7) is 0. The summed E-state index contributed by atoms with van der Waals surface area (Å²) < 4.78 is 0. The average Bonchev–Trinajstić information content (AvgIpc) is 2.44. The largest absolute Gasteiger partial charge is 0.429 e. The van der Waals surface area contributed by atoms with E-state index in [2.05, 4.69) is 4.84 Å². The number of benzene rings is 1. The molecule has 0 atom stereocenters. The van der Waals surface area contributed by atoms with E-state index in [1.807, 2.05) is 0 Å². The normalized spacial score (nSPS) is 14.0. The predicted molar refractivity (Wildman–Crippen MR) is 47.6 cm³/mol. The monoisotopic (exact) mass is 206 g/mol. The third kappa shape index (κ3) is 1.32.